The fourth-order valence-corrected chi connectivity index (χ4v) is 2.17. The summed E-state index contributed by atoms with van der Waals surface area (Å²) in [5.41, 5.74) is 3.14. The molecule has 2 aromatic carbocycles. The first-order valence-electron chi connectivity index (χ1n) is 5.52. The minimum Gasteiger partial charge on any atom is -0.380 e. The minimum absolute atomic E-state index is 0.702. The Morgan fingerprint density at radius 2 is 1.89 bits per heavy atom. The van der Waals surface area contributed by atoms with Crippen molar-refractivity contribution in [2.75, 3.05) is 5.32 Å². The molecular formula is C14H12ClIN2. The van der Waals surface area contributed by atoms with Crippen molar-refractivity contribution >= 4 is 46.4 Å². The molecule has 0 spiro atoms. The number of benzene rings is 2. The third-order valence-electron chi connectivity index (χ3n) is 2.56. The molecule has 0 aromatic heterocycles. The van der Waals surface area contributed by atoms with Crippen LogP contribution in [0.4, 0.5) is 5.69 Å². The molecule has 0 bridgehead atoms. The minimum atomic E-state index is 0.702. The summed E-state index contributed by atoms with van der Waals surface area (Å²) >= 11 is 8.10. The van der Waals surface area contributed by atoms with Crippen LogP contribution in [0.1, 0.15) is 11.1 Å². The maximum atomic E-state index is 6.16. The van der Waals surface area contributed by atoms with Crippen molar-refractivity contribution in [1.82, 2.24) is 0 Å². The van der Waals surface area contributed by atoms with Gasteiger partial charge in [-0.3, -0.25) is 0 Å². The molecule has 0 atom stereocenters. The molecule has 2 nitrogen and oxygen atoms in total. The van der Waals surface area contributed by atoms with Gasteiger partial charge in [-0.05, 0) is 17.7 Å². The fraction of sp³-hybridized carbons (Fsp3) is 0.0714. The molecule has 2 aromatic rings. The van der Waals surface area contributed by atoms with E-state index >= 15 is 0 Å². The zero-order valence-electron chi connectivity index (χ0n) is 9.61. The lowest BCUT2D eigenvalue weighted by Gasteiger charge is -2.10. The Morgan fingerprint density at radius 1 is 1.11 bits per heavy atom. The van der Waals surface area contributed by atoms with Crippen molar-refractivity contribution in [3.8, 4) is 0 Å². The van der Waals surface area contributed by atoms with E-state index in [1.54, 1.807) is 6.21 Å². The lowest BCUT2D eigenvalue weighted by molar-refractivity contribution is 1.15. The first-order valence-corrected chi connectivity index (χ1v) is 6.86. The predicted molar refractivity (Wildman–Crippen MR) is 86.8 cm³/mol. The van der Waals surface area contributed by atoms with Gasteiger partial charge in [0.1, 0.15) is 0 Å². The highest BCUT2D eigenvalue weighted by molar-refractivity contribution is 14.1. The monoisotopic (exact) mass is 370 g/mol. The van der Waals surface area contributed by atoms with Crippen molar-refractivity contribution < 1.29 is 0 Å². The van der Waals surface area contributed by atoms with Crippen LogP contribution in [0.5, 0.6) is 0 Å². The maximum Gasteiger partial charge on any atom is 0.0831 e. The highest BCUT2D eigenvalue weighted by Gasteiger charge is 2.04. The first kappa shape index (κ1) is 13.4. The van der Waals surface area contributed by atoms with Gasteiger partial charge in [0, 0.05) is 24.0 Å². The van der Waals surface area contributed by atoms with Gasteiger partial charge in [0.2, 0.25) is 0 Å². The van der Waals surface area contributed by atoms with Crippen molar-refractivity contribution in [2.45, 2.75) is 6.54 Å². The van der Waals surface area contributed by atoms with Gasteiger partial charge >= 0.3 is 0 Å². The summed E-state index contributed by atoms with van der Waals surface area (Å²) in [7, 11) is 0. The van der Waals surface area contributed by atoms with Crippen molar-refractivity contribution in [2.24, 2.45) is 3.21 Å². The molecule has 0 unspecified atom stereocenters. The normalized spacial score (nSPS) is 10.8. The molecule has 4 heteroatoms. The summed E-state index contributed by atoms with van der Waals surface area (Å²) in [6.45, 7) is 0.767. The molecule has 0 heterocycles. The van der Waals surface area contributed by atoms with Gasteiger partial charge in [0.05, 0.1) is 27.9 Å². The Balaban J connectivity index is 2.17. The van der Waals surface area contributed by atoms with Gasteiger partial charge in [-0.2, -0.15) is 0 Å². The van der Waals surface area contributed by atoms with Gasteiger partial charge < -0.3 is 5.32 Å². The summed E-state index contributed by atoms with van der Waals surface area (Å²) in [5, 5.41) is 4.08. The predicted octanol–water partition coefficient (Wildman–Crippen LogP) is 4.72. The molecular weight excluding hydrogens is 359 g/mol. The van der Waals surface area contributed by atoms with Crippen LogP contribution in [0, 0.1) is 0 Å². The lowest BCUT2D eigenvalue weighted by Crippen LogP contribution is -2.02. The molecule has 0 fully saturated rings. The van der Waals surface area contributed by atoms with Crippen molar-refractivity contribution in [3.05, 3.63) is 64.7 Å². The highest BCUT2D eigenvalue weighted by Crippen LogP contribution is 2.23. The standard InChI is InChI=1S/C14H12ClIN2/c15-13-7-4-8-14(12(13)10-18-16)17-9-11-5-2-1-3-6-11/h1-8,10,17H,9H2. The zero-order chi connectivity index (χ0) is 12.8. The zero-order valence-corrected chi connectivity index (χ0v) is 12.5. The van der Waals surface area contributed by atoms with E-state index in [4.69, 9.17) is 11.6 Å². The maximum absolute atomic E-state index is 6.16. The number of hydrogen-bond acceptors (Lipinski definition) is 2. The van der Waals surface area contributed by atoms with Crippen LogP contribution in [-0.2, 0) is 6.54 Å². The molecule has 0 radical (unpaired) electrons. The van der Waals surface area contributed by atoms with Crippen LogP contribution >= 0.6 is 34.5 Å². The summed E-state index contributed by atoms with van der Waals surface area (Å²) in [4.78, 5) is 0. The molecule has 0 saturated carbocycles. The van der Waals surface area contributed by atoms with Crippen LogP contribution in [0.25, 0.3) is 0 Å². The SMILES string of the molecule is Clc1cccc(NCc2ccccc2)c1C=NI. The molecule has 92 valence electrons. The number of nitrogens with one attached hydrogen (secondary N) is 1. The molecule has 18 heavy (non-hydrogen) atoms. The summed E-state index contributed by atoms with van der Waals surface area (Å²) in [5.74, 6) is 0. The van der Waals surface area contributed by atoms with E-state index in [1.165, 1.54) is 5.56 Å². The number of anilines is 1. The van der Waals surface area contributed by atoms with E-state index in [2.05, 4.69) is 20.7 Å². The number of halogens is 2. The van der Waals surface area contributed by atoms with E-state index in [0.29, 0.717) is 5.02 Å². The van der Waals surface area contributed by atoms with Gasteiger partial charge in [0.25, 0.3) is 0 Å². The molecule has 0 saturated heterocycles. The number of nitrogens with zero attached hydrogens (tertiary/aromatic N) is 1. The second-order valence-corrected chi connectivity index (χ2v) is 4.73. The Hall–Kier alpha value is -1.07. The van der Waals surface area contributed by atoms with Gasteiger partial charge in [-0.25, -0.2) is 3.21 Å². The van der Waals surface area contributed by atoms with Crippen LogP contribution in [-0.4, -0.2) is 6.21 Å². The first-order chi connectivity index (χ1) is 8.81. The van der Waals surface area contributed by atoms with E-state index < -0.39 is 0 Å². The van der Waals surface area contributed by atoms with Gasteiger partial charge in [0.15, 0.2) is 0 Å². The van der Waals surface area contributed by atoms with E-state index in [1.807, 2.05) is 59.3 Å². The average Bonchev–Trinajstić information content (AvgIpc) is 2.41. The average molecular weight is 371 g/mol. The lowest BCUT2D eigenvalue weighted by atomic mass is 10.1. The molecule has 1 N–H and O–H groups in total. The molecule has 2 rings (SSSR count). The quantitative estimate of drug-likeness (QED) is 0.611. The molecule has 0 aliphatic rings. The van der Waals surface area contributed by atoms with Crippen molar-refractivity contribution in [1.29, 1.82) is 0 Å². The molecule has 0 aliphatic carbocycles. The van der Waals surface area contributed by atoms with Crippen molar-refractivity contribution in [3.63, 3.8) is 0 Å². The van der Waals surface area contributed by atoms with Gasteiger partial charge in [-0.15, -0.1) is 0 Å². The number of hydrogen-bond donors (Lipinski definition) is 1. The van der Waals surface area contributed by atoms with E-state index in [9.17, 15) is 0 Å². The largest absolute Gasteiger partial charge is 0.380 e. The highest BCUT2D eigenvalue weighted by atomic mass is 127. The third kappa shape index (κ3) is 3.46. The second-order valence-electron chi connectivity index (χ2n) is 3.77. The van der Waals surface area contributed by atoms with Gasteiger partial charge in [-0.1, -0.05) is 48.0 Å². The van der Waals surface area contributed by atoms with E-state index in [-0.39, 0.29) is 0 Å². The topological polar surface area (TPSA) is 24.4 Å². The second kappa shape index (κ2) is 6.75. The summed E-state index contributed by atoms with van der Waals surface area (Å²) in [6.07, 6.45) is 1.76. The van der Waals surface area contributed by atoms with E-state index in [0.717, 1.165) is 17.8 Å². The third-order valence-corrected chi connectivity index (χ3v) is 3.16. The van der Waals surface area contributed by atoms with Crippen LogP contribution < -0.4 is 5.32 Å². The smallest absolute Gasteiger partial charge is 0.0831 e. The van der Waals surface area contributed by atoms with Crippen LogP contribution in [0.2, 0.25) is 5.02 Å². The fourth-order valence-electron chi connectivity index (χ4n) is 1.66. The Kier molecular flexibility index (Phi) is 5.01. The summed E-state index contributed by atoms with van der Waals surface area (Å²) in [6, 6.07) is 16.0. The summed E-state index contributed by atoms with van der Waals surface area (Å²) < 4.78 is 4.00. The Bertz CT molecular complexity index is 541. The van der Waals surface area contributed by atoms with Crippen LogP contribution in [0.15, 0.2) is 51.7 Å². The number of rotatable bonds is 4. The Labute approximate surface area is 126 Å². The van der Waals surface area contributed by atoms with Crippen LogP contribution in [0.3, 0.4) is 0 Å². The molecule has 0 aliphatic heterocycles. The Morgan fingerprint density at radius 3 is 2.61 bits per heavy atom. The molecule has 0 amide bonds.